The van der Waals surface area contributed by atoms with Crippen molar-refractivity contribution in [1.82, 2.24) is 4.98 Å². The first-order valence-electron chi connectivity index (χ1n) is 9.90. The van der Waals surface area contributed by atoms with Gasteiger partial charge >= 0.3 is 0 Å². The van der Waals surface area contributed by atoms with Crippen molar-refractivity contribution >= 4 is 45.1 Å². The number of hydrogen-bond donors (Lipinski definition) is 0. The highest BCUT2D eigenvalue weighted by molar-refractivity contribution is 7.14. The Morgan fingerprint density at radius 2 is 1.90 bits per heavy atom. The second kappa shape index (κ2) is 8.70. The van der Waals surface area contributed by atoms with Gasteiger partial charge in [-0.3, -0.25) is 14.5 Å². The average Bonchev–Trinajstić information content (AvgIpc) is 3.23. The maximum Gasteiger partial charge on any atom is 0.230 e. The van der Waals surface area contributed by atoms with Crippen molar-refractivity contribution in [3.8, 4) is 5.75 Å². The van der Waals surface area contributed by atoms with Crippen LogP contribution >= 0.6 is 11.3 Å². The molecule has 0 saturated carbocycles. The fourth-order valence-electron chi connectivity index (χ4n) is 3.53. The number of aryl methyl sites for hydroxylation is 1. The highest BCUT2D eigenvalue weighted by Gasteiger charge is 2.20. The highest BCUT2D eigenvalue weighted by atomic mass is 32.1. The number of hydrogen-bond acceptors (Lipinski definition) is 5. The fraction of sp³-hybridized carbons (Fsp3) is 0.160. The molecule has 0 aliphatic heterocycles. The van der Waals surface area contributed by atoms with Gasteiger partial charge in [-0.25, -0.2) is 4.98 Å². The minimum Gasteiger partial charge on any atom is -0.486 e. The van der Waals surface area contributed by atoms with Crippen LogP contribution in [0.15, 0.2) is 60.0 Å². The van der Waals surface area contributed by atoms with Gasteiger partial charge < -0.3 is 4.74 Å². The number of nitrogens with zero attached hydrogens (tertiary/aromatic N) is 2. The van der Waals surface area contributed by atoms with E-state index in [0.29, 0.717) is 22.1 Å². The van der Waals surface area contributed by atoms with E-state index in [4.69, 9.17) is 4.74 Å². The lowest BCUT2D eigenvalue weighted by Crippen LogP contribution is -2.23. The van der Waals surface area contributed by atoms with E-state index in [9.17, 15) is 9.59 Å². The van der Waals surface area contributed by atoms with Crippen LogP contribution in [-0.2, 0) is 11.4 Å². The van der Waals surface area contributed by atoms with E-state index < -0.39 is 0 Å². The molecule has 0 saturated heterocycles. The van der Waals surface area contributed by atoms with Crippen molar-refractivity contribution < 1.29 is 14.3 Å². The van der Waals surface area contributed by atoms with Crippen molar-refractivity contribution in [3.63, 3.8) is 0 Å². The number of thiazole rings is 1. The zero-order valence-corrected chi connectivity index (χ0v) is 18.4. The van der Waals surface area contributed by atoms with E-state index in [1.165, 1.54) is 18.3 Å². The van der Waals surface area contributed by atoms with Gasteiger partial charge in [0.05, 0.1) is 16.9 Å². The van der Waals surface area contributed by atoms with Crippen LogP contribution < -0.4 is 9.64 Å². The summed E-state index contributed by atoms with van der Waals surface area (Å²) in [6.45, 7) is 5.75. The summed E-state index contributed by atoms with van der Waals surface area (Å²) in [7, 11) is 0. The Labute approximate surface area is 184 Å². The molecule has 0 radical (unpaired) electrons. The molecule has 5 nitrogen and oxygen atoms in total. The van der Waals surface area contributed by atoms with Gasteiger partial charge in [0.25, 0.3) is 0 Å². The third-order valence-electron chi connectivity index (χ3n) is 5.29. The number of fused-ring (bicyclic) bond motifs is 1. The summed E-state index contributed by atoms with van der Waals surface area (Å²) < 4.78 is 5.93. The molecule has 6 heteroatoms. The molecule has 0 bridgehead atoms. The Balaban J connectivity index is 1.59. The maximum atomic E-state index is 12.4. The highest BCUT2D eigenvalue weighted by Crippen LogP contribution is 2.33. The Bertz CT molecular complexity index is 1280. The number of ether oxygens (including phenoxy) is 1. The predicted molar refractivity (Wildman–Crippen MR) is 125 cm³/mol. The van der Waals surface area contributed by atoms with Gasteiger partial charge in [-0.2, -0.15) is 0 Å². The van der Waals surface area contributed by atoms with Gasteiger partial charge in [0.2, 0.25) is 5.91 Å². The van der Waals surface area contributed by atoms with E-state index in [0.717, 1.165) is 33.9 Å². The van der Waals surface area contributed by atoms with Crippen LogP contribution in [0, 0.1) is 13.8 Å². The van der Waals surface area contributed by atoms with Gasteiger partial charge in [-0.15, -0.1) is 11.3 Å². The normalized spacial score (nSPS) is 10.8. The van der Waals surface area contributed by atoms with Gasteiger partial charge in [0, 0.05) is 12.3 Å². The molecule has 4 rings (SSSR count). The molecule has 0 fully saturated rings. The second-order valence-corrected chi connectivity index (χ2v) is 8.14. The zero-order chi connectivity index (χ0) is 22.0. The number of rotatable bonds is 6. The van der Waals surface area contributed by atoms with E-state index in [2.05, 4.69) is 4.98 Å². The topological polar surface area (TPSA) is 59.5 Å². The molecule has 0 aliphatic carbocycles. The Morgan fingerprint density at radius 1 is 1.10 bits per heavy atom. The largest absolute Gasteiger partial charge is 0.486 e. The van der Waals surface area contributed by atoms with Crippen molar-refractivity contribution in [2.75, 3.05) is 4.90 Å². The monoisotopic (exact) mass is 430 g/mol. The van der Waals surface area contributed by atoms with Crippen molar-refractivity contribution in [3.05, 3.63) is 82.4 Å². The number of benzene rings is 3. The lowest BCUT2D eigenvalue weighted by Gasteiger charge is -2.21. The Hall–Kier alpha value is -3.51. The summed E-state index contributed by atoms with van der Waals surface area (Å²) in [5.41, 5.74) is 4.20. The molecule has 0 unspecified atom stereocenters. The Morgan fingerprint density at radius 3 is 2.68 bits per heavy atom. The van der Waals surface area contributed by atoms with Crippen molar-refractivity contribution in [2.24, 2.45) is 0 Å². The summed E-state index contributed by atoms with van der Waals surface area (Å²) in [5, 5.41) is 4.30. The van der Waals surface area contributed by atoms with Gasteiger partial charge in [0.15, 0.2) is 11.4 Å². The van der Waals surface area contributed by atoms with Gasteiger partial charge in [0.1, 0.15) is 12.4 Å². The summed E-state index contributed by atoms with van der Waals surface area (Å²) in [6, 6.07) is 17.3. The van der Waals surface area contributed by atoms with Crippen LogP contribution in [0.5, 0.6) is 5.75 Å². The Kier molecular flexibility index (Phi) is 5.82. The summed E-state index contributed by atoms with van der Waals surface area (Å²) in [6.07, 6.45) is 0.822. The molecule has 4 aromatic rings. The lowest BCUT2D eigenvalue weighted by atomic mass is 10.0. The minimum absolute atomic E-state index is 0.103. The van der Waals surface area contributed by atoms with Crippen LogP contribution in [-0.4, -0.2) is 17.2 Å². The number of carbonyl (C=O) groups is 2. The summed E-state index contributed by atoms with van der Waals surface area (Å²) >= 11 is 1.39. The van der Waals surface area contributed by atoms with Crippen molar-refractivity contribution in [1.29, 1.82) is 0 Å². The molecule has 156 valence electrons. The van der Waals surface area contributed by atoms with Crippen LogP contribution in [0.4, 0.5) is 10.8 Å². The van der Waals surface area contributed by atoms with Gasteiger partial charge in [-0.1, -0.05) is 42.5 Å². The number of aromatic nitrogens is 1. The van der Waals surface area contributed by atoms with Crippen LogP contribution in [0.2, 0.25) is 0 Å². The van der Waals surface area contributed by atoms with Gasteiger partial charge in [-0.05, 0) is 47.9 Å². The van der Waals surface area contributed by atoms with E-state index in [1.54, 1.807) is 11.0 Å². The number of aldehydes is 1. The number of carbonyl (C=O) groups excluding carboxylic acids is 2. The molecule has 0 spiro atoms. The molecule has 0 aliphatic rings. The first-order valence-corrected chi connectivity index (χ1v) is 10.8. The maximum absolute atomic E-state index is 12.4. The summed E-state index contributed by atoms with van der Waals surface area (Å²) in [5.74, 6) is 0.412. The van der Waals surface area contributed by atoms with E-state index >= 15 is 0 Å². The average molecular weight is 431 g/mol. The van der Waals surface area contributed by atoms with Crippen molar-refractivity contribution in [2.45, 2.75) is 27.4 Å². The lowest BCUT2D eigenvalue weighted by molar-refractivity contribution is -0.115. The molecule has 0 N–H and O–H groups in total. The molecule has 1 amide bonds. The van der Waals surface area contributed by atoms with Crippen LogP contribution in [0.25, 0.3) is 10.8 Å². The molecule has 1 heterocycles. The smallest absolute Gasteiger partial charge is 0.230 e. The van der Waals surface area contributed by atoms with Crippen LogP contribution in [0.3, 0.4) is 0 Å². The minimum atomic E-state index is -0.103. The molecular weight excluding hydrogens is 408 g/mol. The molecule has 31 heavy (non-hydrogen) atoms. The summed E-state index contributed by atoms with van der Waals surface area (Å²) in [4.78, 5) is 30.4. The second-order valence-electron chi connectivity index (χ2n) is 7.30. The quantitative estimate of drug-likeness (QED) is 0.353. The third kappa shape index (κ3) is 4.07. The SMILES string of the molecule is CC(=O)N(c1nc(COc2ccc3ccccc3c2C=O)cs1)c1cccc(C)c1C. The number of anilines is 2. The van der Waals surface area contributed by atoms with E-state index in [1.807, 2.05) is 67.8 Å². The fourth-order valence-corrected chi connectivity index (χ4v) is 4.39. The molecule has 0 atom stereocenters. The van der Waals surface area contributed by atoms with E-state index in [-0.39, 0.29) is 12.5 Å². The first kappa shape index (κ1) is 20.8. The molecule has 3 aromatic carbocycles. The zero-order valence-electron chi connectivity index (χ0n) is 17.6. The molecule has 1 aromatic heterocycles. The molecular formula is C25H22N2O3S. The predicted octanol–water partition coefficient (Wildman–Crippen LogP) is 5.99. The first-order chi connectivity index (χ1) is 15.0. The van der Waals surface area contributed by atoms with Crippen LogP contribution in [0.1, 0.15) is 34.1 Å². The standard InChI is InChI=1S/C25H22N2O3S/c1-16-7-6-10-23(17(16)2)27(18(3)29)25-26-20(15-31-25)14-30-24-12-11-19-8-4-5-9-21(19)22(24)13-28/h4-13,15H,14H2,1-3H3. The number of amides is 1. The third-order valence-corrected chi connectivity index (χ3v) is 6.16.